The van der Waals surface area contributed by atoms with Crippen LogP contribution >= 0.6 is 0 Å². The number of ketones is 2. The summed E-state index contributed by atoms with van der Waals surface area (Å²) >= 11 is 0. The van der Waals surface area contributed by atoms with Crippen LogP contribution in [0.25, 0.3) is 0 Å². The Bertz CT molecular complexity index is 474. The predicted octanol–water partition coefficient (Wildman–Crippen LogP) is 1.87. The van der Waals surface area contributed by atoms with Gasteiger partial charge in [-0.2, -0.15) is 0 Å². The van der Waals surface area contributed by atoms with Crippen LogP contribution < -0.4 is 5.32 Å². The molecule has 0 saturated heterocycles. The number of Topliss-reactive ketones (excluding diaryl/α,β-unsaturated/α-hetero) is 2. The summed E-state index contributed by atoms with van der Waals surface area (Å²) in [7, 11) is 0. The average molecular weight is 245 g/mol. The van der Waals surface area contributed by atoms with Gasteiger partial charge < -0.3 is 5.32 Å². The van der Waals surface area contributed by atoms with Gasteiger partial charge in [0.15, 0.2) is 17.5 Å². The minimum absolute atomic E-state index is 0.268. The maximum Gasteiger partial charge on any atom is 0.242 e. The molecule has 0 heterocycles. The summed E-state index contributed by atoms with van der Waals surface area (Å²) < 4.78 is 0. The van der Waals surface area contributed by atoms with Crippen LogP contribution in [-0.2, 0) is 14.4 Å². The lowest BCUT2D eigenvalue weighted by atomic mass is 9.86. The first-order valence-corrected chi connectivity index (χ1v) is 6.01. The topological polar surface area (TPSA) is 63.2 Å². The van der Waals surface area contributed by atoms with Crippen molar-refractivity contribution in [1.29, 1.82) is 0 Å². The minimum Gasteiger partial charge on any atom is -0.325 e. The first kappa shape index (κ1) is 12.5. The molecule has 1 N–H and O–H groups in total. The smallest absolute Gasteiger partial charge is 0.242 e. The van der Waals surface area contributed by atoms with Gasteiger partial charge in [-0.25, -0.2) is 0 Å². The second-order valence-corrected chi connectivity index (χ2v) is 4.57. The third-order valence-corrected chi connectivity index (χ3v) is 3.07. The molecule has 0 spiro atoms. The zero-order valence-corrected chi connectivity index (χ0v) is 10.2. The van der Waals surface area contributed by atoms with E-state index in [0.717, 1.165) is 5.56 Å². The quantitative estimate of drug-likeness (QED) is 0.809. The summed E-state index contributed by atoms with van der Waals surface area (Å²) in [5.74, 6) is -2.15. The molecule has 4 nitrogen and oxygen atoms in total. The van der Waals surface area contributed by atoms with Crippen molar-refractivity contribution in [2.75, 3.05) is 5.32 Å². The Labute approximate surface area is 105 Å². The molecule has 0 atom stereocenters. The molecule has 0 bridgehead atoms. The number of carbonyl (C=O) groups excluding carboxylic acids is 3. The number of carbonyl (C=O) groups is 3. The molecule has 0 radical (unpaired) electrons. The largest absolute Gasteiger partial charge is 0.325 e. The molecule has 1 fully saturated rings. The van der Waals surface area contributed by atoms with E-state index in [-0.39, 0.29) is 11.6 Å². The Morgan fingerprint density at radius 2 is 1.67 bits per heavy atom. The highest BCUT2D eigenvalue weighted by Gasteiger charge is 2.35. The van der Waals surface area contributed by atoms with Crippen LogP contribution in [0, 0.1) is 12.8 Å². The van der Waals surface area contributed by atoms with Crippen molar-refractivity contribution in [3.05, 3.63) is 29.8 Å². The predicted molar refractivity (Wildman–Crippen MR) is 67.2 cm³/mol. The van der Waals surface area contributed by atoms with Gasteiger partial charge in [0.05, 0.1) is 0 Å². The highest BCUT2D eigenvalue weighted by molar-refractivity contribution is 6.22. The number of aryl methyl sites for hydroxylation is 1. The van der Waals surface area contributed by atoms with Crippen LogP contribution in [0.2, 0.25) is 0 Å². The van der Waals surface area contributed by atoms with Crippen molar-refractivity contribution in [1.82, 2.24) is 0 Å². The molecular weight excluding hydrogens is 230 g/mol. The van der Waals surface area contributed by atoms with Gasteiger partial charge in [0.25, 0.3) is 0 Å². The molecule has 1 aromatic carbocycles. The molecular formula is C14H15NO3. The third-order valence-electron chi connectivity index (χ3n) is 3.07. The van der Waals surface area contributed by atoms with Gasteiger partial charge >= 0.3 is 0 Å². The summed E-state index contributed by atoms with van der Waals surface area (Å²) in [6.45, 7) is 1.94. The SMILES string of the molecule is Cc1ccc(NC(=O)C2C(=O)CCCC2=O)cc1. The van der Waals surface area contributed by atoms with Gasteiger partial charge in [0.2, 0.25) is 5.91 Å². The van der Waals surface area contributed by atoms with Crippen LogP contribution in [0.3, 0.4) is 0 Å². The first-order chi connectivity index (χ1) is 8.58. The van der Waals surface area contributed by atoms with Gasteiger partial charge in [0.1, 0.15) is 0 Å². The van der Waals surface area contributed by atoms with E-state index in [1.54, 1.807) is 12.1 Å². The minimum atomic E-state index is -1.11. The lowest BCUT2D eigenvalue weighted by Gasteiger charge is -2.18. The summed E-state index contributed by atoms with van der Waals surface area (Å²) in [4.78, 5) is 35.1. The van der Waals surface area contributed by atoms with E-state index in [4.69, 9.17) is 0 Å². The molecule has 94 valence electrons. The molecule has 1 amide bonds. The Morgan fingerprint density at radius 1 is 1.11 bits per heavy atom. The highest BCUT2D eigenvalue weighted by atomic mass is 16.2. The van der Waals surface area contributed by atoms with Crippen LogP contribution in [0.1, 0.15) is 24.8 Å². The fraction of sp³-hybridized carbons (Fsp3) is 0.357. The van der Waals surface area contributed by atoms with Crippen LogP contribution in [0.4, 0.5) is 5.69 Å². The van der Waals surface area contributed by atoms with Crippen molar-refractivity contribution in [3.8, 4) is 0 Å². The summed E-state index contributed by atoms with van der Waals surface area (Å²) in [6.07, 6.45) is 1.20. The molecule has 1 aliphatic rings. The van der Waals surface area contributed by atoms with E-state index in [0.29, 0.717) is 24.9 Å². The number of anilines is 1. The van der Waals surface area contributed by atoms with Crippen molar-refractivity contribution in [2.45, 2.75) is 26.2 Å². The molecule has 0 aromatic heterocycles. The van der Waals surface area contributed by atoms with Crippen LogP contribution in [0.5, 0.6) is 0 Å². The van der Waals surface area contributed by atoms with E-state index in [1.165, 1.54) is 0 Å². The van der Waals surface area contributed by atoms with E-state index in [9.17, 15) is 14.4 Å². The fourth-order valence-corrected chi connectivity index (χ4v) is 2.05. The van der Waals surface area contributed by atoms with Crippen molar-refractivity contribution >= 4 is 23.2 Å². The first-order valence-electron chi connectivity index (χ1n) is 6.01. The molecule has 1 aromatic rings. The highest BCUT2D eigenvalue weighted by Crippen LogP contribution is 2.19. The second kappa shape index (κ2) is 5.12. The van der Waals surface area contributed by atoms with Crippen molar-refractivity contribution in [3.63, 3.8) is 0 Å². The zero-order valence-electron chi connectivity index (χ0n) is 10.2. The Morgan fingerprint density at radius 3 is 2.22 bits per heavy atom. The molecule has 2 rings (SSSR count). The van der Waals surface area contributed by atoms with Gasteiger partial charge in [0, 0.05) is 18.5 Å². The van der Waals surface area contributed by atoms with Crippen molar-refractivity contribution < 1.29 is 14.4 Å². The monoisotopic (exact) mass is 245 g/mol. The van der Waals surface area contributed by atoms with Gasteiger partial charge in [-0.1, -0.05) is 17.7 Å². The number of benzene rings is 1. The van der Waals surface area contributed by atoms with Crippen LogP contribution in [-0.4, -0.2) is 17.5 Å². The van der Waals surface area contributed by atoms with E-state index < -0.39 is 11.8 Å². The number of nitrogens with one attached hydrogen (secondary N) is 1. The number of hydrogen-bond donors (Lipinski definition) is 1. The molecule has 1 saturated carbocycles. The molecule has 18 heavy (non-hydrogen) atoms. The van der Waals surface area contributed by atoms with Gasteiger partial charge in [-0.05, 0) is 25.5 Å². The second-order valence-electron chi connectivity index (χ2n) is 4.57. The third kappa shape index (κ3) is 2.64. The number of rotatable bonds is 2. The summed E-state index contributed by atoms with van der Waals surface area (Å²) in [5.41, 5.74) is 1.69. The molecule has 4 heteroatoms. The zero-order chi connectivity index (χ0) is 13.1. The fourth-order valence-electron chi connectivity index (χ4n) is 2.05. The van der Waals surface area contributed by atoms with E-state index in [1.807, 2.05) is 19.1 Å². The van der Waals surface area contributed by atoms with Crippen molar-refractivity contribution in [2.24, 2.45) is 5.92 Å². The lowest BCUT2D eigenvalue weighted by Crippen LogP contribution is -2.38. The normalized spacial score (nSPS) is 16.7. The van der Waals surface area contributed by atoms with Crippen LogP contribution in [0.15, 0.2) is 24.3 Å². The molecule has 0 aliphatic heterocycles. The maximum atomic E-state index is 11.9. The molecule has 0 unspecified atom stereocenters. The summed E-state index contributed by atoms with van der Waals surface area (Å²) in [5, 5.41) is 2.62. The van der Waals surface area contributed by atoms with Gasteiger partial charge in [-0.3, -0.25) is 14.4 Å². The molecule has 1 aliphatic carbocycles. The lowest BCUT2D eigenvalue weighted by molar-refractivity contribution is -0.140. The van der Waals surface area contributed by atoms with E-state index in [2.05, 4.69) is 5.32 Å². The standard InChI is InChI=1S/C14H15NO3/c1-9-5-7-10(8-6-9)15-14(18)13-11(16)3-2-4-12(13)17/h5-8,13H,2-4H2,1H3,(H,15,18). The Balaban J connectivity index is 2.09. The van der Waals surface area contributed by atoms with E-state index >= 15 is 0 Å². The summed E-state index contributed by atoms with van der Waals surface area (Å²) in [6, 6.07) is 7.23. The average Bonchev–Trinajstić information content (AvgIpc) is 2.32. The number of hydrogen-bond acceptors (Lipinski definition) is 3. The maximum absolute atomic E-state index is 11.9. The Hall–Kier alpha value is -1.97. The van der Waals surface area contributed by atoms with Gasteiger partial charge in [-0.15, -0.1) is 0 Å². The number of amides is 1. The Kier molecular flexibility index (Phi) is 3.55.